The van der Waals surface area contributed by atoms with Gasteiger partial charge in [-0.15, -0.1) is 0 Å². The summed E-state index contributed by atoms with van der Waals surface area (Å²) in [6.45, 7) is 0. The summed E-state index contributed by atoms with van der Waals surface area (Å²) in [5, 5.41) is 1.61. The molecule has 0 spiro atoms. The van der Waals surface area contributed by atoms with E-state index < -0.39 is 18.2 Å². The van der Waals surface area contributed by atoms with E-state index in [0.29, 0.717) is 12.2 Å². The van der Waals surface area contributed by atoms with Crippen molar-refractivity contribution in [1.29, 1.82) is 0 Å². The zero-order chi connectivity index (χ0) is 18.1. The number of methoxy groups -OCH3 is 3. The summed E-state index contributed by atoms with van der Waals surface area (Å²) in [6, 6.07) is 6.80. The minimum atomic E-state index is -0.675. The number of ether oxygens (including phenoxy) is 3. The average Bonchev–Trinajstić information content (AvgIpc) is 3.00. The van der Waals surface area contributed by atoms with Crippen LogP contribution in [0.3, 0.4) is 0 Å². The highest BCUT2D eigenvalue weighted by atomic mass is 16.7. The van der Waals surface area contributed by atoms with Crippen molar-refractivity contribution in [2.24, 2.45) is 0 Å². The molecule has 2 saturated heterocycles. The molecule has 0 unspecified atom stereocenters. The van der Waals surface area contributed by atoms with Gasteiger partial charge in [0.15, 0.2) is 12.2 Å². The first-order valence-corrected chi connectivity index (χ1v) is 7.99. The van der Waals surface area contributed by atoms with Crippen molar-refractivity contribution in [2.75, 3.05) is 33.3 Å². The molecule has 2 heterocycles. The van der Waals surface area contributed by atoms with Crippen LogP contribution in [0.2, 0.25) is 0 Å². The third-order valence-corrected chi connectivity index (χ3v) is 4.77. The van der Waals surface area contributed by atoms with Crippen LogP contribution < -0.4 is 9.64 Å². The van der Waals surface area contributed by atoms with Crippen molar-refractivity contribution >= 4 is 17.6 Å². The normalized spacial score (nSPS) is 29.4. The lowest BCUT2D eigenvalue weighted by Crippen LogP contribution is -2.71. The molecule has 3 rings (SSSR count). The Kier molecular flexibility index (Phi) is 4.94. The second-order valence-corrected chi connectivity index (χ2v) is 6.02. The summed E-state index contributed by atoms with van der Waals surface area (Å²) in [6.07, 6.45) is -0.825. The number of benzene rings is 1. The first kappa shape index (κ1) is 17.7. The number of hydroxylamine groups is 2. The van der Waals surface area contributed by atoms with Gasteiger partial charge in [-0.3, -0.25) is 9.63 Å². The Morgan fingerprint density at radius 1 is 1.20 bits per heavy atom. The molecule has 0 aliphatic carbocycles. The largest absolute Gasteiger partial charge is 0.497 e. The lowest BCUT2D eigenvalue weighted by molar-refractivity contribution is -0.184. The molecule has 2 aliphatic heterocycles. The van der Waals surface area contributed by atoms with E-state index in [1.165, 1.54) is 14.2 Å². The van der Waals surface area contributed by atoms with Crippen molar-refractivity contribution in [3.63, 3.8) is 0 Å². The van der Waals surface area contributed by atoms with E-state index in [0.717, 1.165) is 5.69 Å². The Hall–Kier alpha value is -2.16. The number of hydrogen-bond donors (Lipinski definition) is 0. The Labute approximate surface area is 146 Å². The molecule has 1 amide bonds. The SMILES string of the molecule is COC(=O)[C@@H]1C[C@H]([C@H]2[C@@H](OC)C(=O)N2c2ccc(OC)cc2)N(C)O1. The fourth-order valence-electron chi connectivity index (χ4n) is 3.45. The topological polar surface area (TPSA) is 77.5 Å². The van der Waals surface area contributed by atoms with Crippen molar-refractivity contribution < 1.29 is 28.6 Å². The molecule has 1 aromatic rings. The molecule has 0 N–H and O–H groups in total. The average molecular weight is 350 g/mol. The molecular formula is C17H22N2O6. The second kappa shape index (κ2) is 6.99. The standard InChI is InChI=1S/C17H22N2O6/c1-18-12(9-13(25-18)17(21)24-4)14-15(23-3)16(20)19(14)10-5-7-11(22-2)8-6-10/h5-8,12-15H,9H2,1-4H3/t12-,13+,14+,15-/m1/s1. The highest BCUT2D eigenvalue weighted by Gasteiger charge is 2.56. The van der Waals surface area contributed by atoms with Gasteiger partial charge in [-0.1, -0.05) is 0 Å². The van der Waals surface area contributed by atoms with Gasteiger partial charge in [0.25, 0.3) is 5.91 Å². The minimum Gasteiger partial charge on any atom is -0.497 e. The molecule has 25 heavy (non-hydrogen) atoms. The molecule has 0 bridgehead atoms. The zero-order valence-corrected chi connectivity index (χ0v) is 14.7. The van der Waals surface area contributed by atoms with Gasteiger partial charge in [0, 0.05) is 26.3 Å². The summed E-state index contributed by atoms with van der Waals surface area (Å²) < 4.78 is 15.3. The van der Waals surface area contributed by atoms with Crippen molar-refractivity contribution in [2.45, 2.75) is 30.7 Å². The van der Waals surface area contributed by atoms with Gasteiger partial charge in [-0.2, -0.15) is 5.06 Å². The maximum Gasteiger partial charge on any atom is 0.337 e. The van der Waals surface area contributed by atoms with E-state index >= 15 is 0 Å². The van der Waals surface area contributed by atoms with E-state index in [4.69, 9.17) is 19.0 Å². The van der Waals surface area contributed by atoms with Crippen LogP contribution in [0.5, 0.6) is 5.75 Å². The summed E-state index contributed by atoms with van der Waals surface area (Å²) >= 11 is 0. The number of carbonyl (C=O) groups excluding carboxylic acids is 2. The fraction of sp³-hybridized carbons (Fsp3) is 0.529. The van der Waals surface area contributed by atoms with Gasteiger partial charge < -0.3 is 19.1 Å². The van der Waals surface area contributed by atoms with Crippen LogP contribution in [0.25, 0.3) is 0 Å². The predicted molar refractivity (Wildman–Crippen MR) is 88.1 cm³/mol. The van der Waals surface area contributed by atoms with Crippen LogP contribution >= 0.6 is 0 Å². The number of amides is 1. The summed E-state index contributed by atoms with van der Waals surface area (Å²) in [4.78, 5) is 31.5. The molecule has 8 nitrogen and oxygen atoms in total. The van der Waals surface area contributed by atoms with Gasteiger partial charge >= 0.3 is 5.97 Å². The highest BCUT2D eigenvalue weighted by Crippen LogP contribution is 2.38. The molecule has 0 aromatic heterocycles. The number of hydrogen-bond acceptors (Lipinski definition) is 7. The number of rotatable bonds is 5. The molecule has 136 valence electrons. The van der Waals surface area contributed by atoms with Gasteiger partial charge in [0.2, 0.25) is 0 Å². The Bertz CT molecular complexity index is 649. The monoisotopic (exact) mass is 350 g/mol. The molecule has 0 radical (unpaired) electrons. The van der Waals surface area contributed by atoms with Gasteiger partial charge in [0.05, 0.1) is 26.3 Å². The molecule has 4 atom stereocenters. The molecule has 2 aliphatic rings. The number of carbonyl (C=O) groups is 2. The van der Waals surface area contributed by atoms with Crippen molar-refractivity contribution in [1.82, 2.24) is 5.06 Å². The maximum absolute atomic E-state index is 12.5. The smallest absolute Gasteiger partial charge is 0.337 e. The molecule has 0 saturated carbocycles. The number of likely N-dealkylation sites (N-methyl/N-ethyl adjacent to an activating group) is 1. The lowest BCUT2D eigenvalue weighted by atomic mass is 9.87. The van der Waals surface area contributed by atoms with E-state index in [9.17, 15) is 9.59 Å². The van der Waals surface area contributed by atoms with Gasteiger partial charge in [0.1, 0.15) is 5.75 Å². The summed E-state index contributed by atoms with van der Waals surface area (Å²) in [7, 11) is 6.17. The van der Waals surface area contributed by atoms with Crippen LogP contribution in [0.4, 0.5) is 5.69 Å². The van der Waals surface area contributed by atoms with Crippen molar-refractivity contribution in [3.05, 3.63) is 24.3 Å². The fourth-order valence-corrected chi connectivity index (χ4v) is 3.45. The van der Waals surface area contributed by atoms with Crippen LogP contribution in [-0.4, -0.2) is 69.6 Å². The summed E-state index contributed by atoms with van der Waals surface area (Å²) in [5.74, 6) is 0.168. The van der Waals surface area contributed by atoms with E-state index in [1.54, 1.807) is 36.3 Å². The van der Waals surface area contributed by atoms with E-state index in [-0.39, 0.29) is 18.0 Å². The first-order valence-electron chi connectivity index (χ1n) is 7.99. The van der Waals surface area contributed by atoms with Crippen LogP contribution in [0.15, 0.2) is 24.3 Å². The van der Waals surface area contributed by atoms with Gasteiger partial charge in [-0.05, 0) is 24.3 Å². The van der Waals surface area contributed by atoms with Gasteiger partial charge in [-0.25, -0.2) is 4.79 Å². The molecule has 1 aromatic carbocycles. The zero-order valence-electron chi connectivity index (χ0n) is 14.7. The van der Waals surface area contributed by atoms with E-state index in [1.807, 2.05) is 12.1 Å². The van der Waals surface area contributed by atoms with E-state index in [2.05, 4.69) is 0 Å². The molecular weight excluding hydrogens is 328 g/mol. The van der Waals surface area contributed by atoms with Crippen LogP contribution in [0, 0.1) is 0 Å². The highest BCUT2D eigenvalue weighted by molar-refractivity contribution is 6.05. The Balaban J connectivity index is 1.83. The predicted octanol–water partition coefficient (Wildman–Crippen LogP) is 0.603. The summed E-state index contributed by atoms with van der Waals surface area (Å²) in [5.41, 5.74) is 0.749. The quantitative estimate of drug-likeness (QED) is 0.568. The Morgan fingerprint density at radius 3 is 2.44 bits per heavy atom. The lowest BCUT2D eigenvalue weighted by Gasteiger charge is -2.49. The third kappa shape index (κ3) is 2.97. The van der Waals surface area contributed by atoms with Crippen LogP contribution in [-0.2, 0) is 23.9 Å². The number of β-lactam (4-membered cyclic amide) rings is 1. The molecule has 2 fully saturated rings. The van der Waals surface area contributed by atoms with Crippen LogP contribution in [0.1, 0.15) is 6.42 Å². The Morgan fingerprint density at radius 2 is 1.88 bits per heavy atom. The third-order valence-electron chi connectivity index (χ3n) is 4.77. The second-order valence-electron chi connectivity index (χ2n) is 6.02. The van der Waals surface area contributed by atoms with Crippen molar-refractivity contribution in [3.8, 4) is 5.75 Å². The number of anilines is 1. The maximum atomic E-state index is 12.5. The first-order chi connectivity index (χ1) is 12.0. The number of esters is 1. The minimum absolute atomic E-state index is 0.118. The molecule has 8 heteroatoms. The number of nitrogens with zero attached hydrogens (tertiary/aromatic N) is 2.